The largest absolute Gasteiger partial charge is 0.333 e. The van der Waals surface area contributed by atoms with Gasteiger partial charge in [0, 0.05) is 5.92 Å². The molecular weight excluding hydrogens is 214 g/mol. The summed E-state index contributed by atoms with van der Waals surface area (Å²) in [6.07, 6.45) is 5.85. The van der Waals surface area contributed by atoms with Crippen molar-refractivity contribution in [3.05, 3.63) is 17.3 Å². The summed E-state index contributed by atoms with van der Waals surface area (Å²) in [5, 5.41) is 13.2. The highest BCUT2D eigenvalue weighted by Gasteiger charge is 2.30. The van der Waals surface area contributed by atoms with Crippen LogP contribution in [0.15, 0.2) is 10.1 Å². The van der Waals surface area contributed by atoms with Crippen LogP contribution >= 0.6 is 0 Å². The number of nitriles is 1. The van der Waals surface area contributed by atoms with Crippen LogP contribution in [-0.2, 0) is 0 Å². The Labute approximate surface area is 100 Å². The smallest absolute Gasteiger partial charge is 0.268 e. The van der Waals surface area contributed by atoms with Crippen LogP contribution in [0.1, 0.15) is 56.7 Å². The van der Waals surface area contributed by atoms with E-state index in [2.05, 4.69) is 16.2 Å². The van der Waals surface area contributed by atoms with E-state index in [0.29, 0.717) is 17.4 Å². The summed E-state index contributed by atoms with van der Waals surface area (Å²) in [6, 6.07) is 2.21. The minimum Gasteiger partial charge on any atom is -0.333 e. The Kier molecular flexibility index (Phi) is 2.47. The molecule has 2 saturated carbocycles. The van der Waals surface area contributed by atoms with Crippen molar-refractivity contribution in [2.24, 2.45) is 5.92 Å². The van der Waals surface area contributed by atoms with Crippen LogP contribution in [0, 0.1) is 17.2 Å². The van der Waals surface area contributed by atoms with E-state index in [9.17, 15) is 5.26 Å². The summed E-state index contributed by atoms with van der Waals surface area (Å²) in [6.45, 7) is 2.00. The fourth-order valence-electron chi connectivity index (χ4n) is 2.03. The van der Waals surface area contributed by atoms with Crippen LogP contribution in [-0.4, -0.2) is 10.1 Å². The van der Waals surface area contributed by atoms with Gasteiger partial charge in [-0.05, 0) is 50.5 Å². The molecule has 1 aromatic rings. The highest BCUT2D eigenvalue weighted by atomic mass is 16.5. The number of hydrogen-bond acceptors (Lipinski definition) is 4. The van der Waals surface area contributed by atoms with Crippen LogP contribution in [0.25, 0.3) is 5.57 Å². The van der Waals surface area contributed by atoms with E-state index in [1.54, 1.807) is 0 Å². The van der Waals surface area contributed by atoms with Crippen molar-refractivity contribution in [2.75, 3.05) is 0 Å². The summed E-state index contributed by atoms with van der Waals surface area (Å²) >= 11 is 0. The van der Waals surface area contributed by atoms with Gasteiger partial charge in [-0.2, -0.15) is 10.2 Å². The van der Waals surface area contributed by atoms with Crippen LogP contribution in [0.3, 0.4) is 0 Å². The number of rotatable bonds is 4. The van der Waals surface area contributed by atoms with Crippen molar-refractivity contribution in [3.8, 4) is 6.07 Å². The van der Waals surface area contributed by atoms with E-state index >= 15 is 0 Å². The molecule has 0 aliphatic heterocycles. The maximum absolute atomic E-state index is 9.21. The third-order valence-electron chi connectivity index (χ3n) is 3.43. The summed E-state index contributed by atoms with van der Waals surface area (Å²) in [7, 11) is 0. The van der Waals surface area contributed by atoms with Crippen molar-refractivity contribution in [1.29, 1.82) is 5.26 Å². The van der Waals surface area contributed by atoms with Crippen molar-refractivity contribution >= 4 is 5.57 Å². The Morgan fingerprint density at radius 1 is 1.41 bits per heavy atom. The van der Waals surface area contributed by atoms with Gasteiger partial charge in [0.2, 0.25) is 0 Å². The van der Waals surface area contributed by atoms with Gasteiger partial charge in [-0.1, -0.05) is 5.16 Å². The Morgan fingerprint density at radius 2 is 2.18 bits per heavy atom. The molecule has 0 amide bonds. The van der Waals surface area contributed by atoms with Crippen LogP contribution < -0.4 is 0 Å². The lowest BCUT2D eigenvalue weighted by atomic mass is 10.1. The van der Waals surface area contributed by atoms with Gasteiger partial charge >= 0.3 is 0 Å². The van der Waals surface area contributed by atoms with Crippen molar-refractivity contribution in [1.82, 2.24) is 10.1 Å². The van der Waals surface area contributed by atoms with E-state index in [1.807, 2.05) is 6.92 Å². The average molecular weight is 229 g/mol. The lowest BCUT2D eigenvalue weighted by Crippen LogP contribution is -1.90. The normalized spacial score (nSPS) is 20.9. The van der Waals surface area contributed by atoms with Gasteiger partial charge < -0.3 is 4.52 Å². The first kappa shape index (κ1) is 10.5. The topological polar surface area (TPSA) is 62.7 Å². The second kappa shape index (κ2) is 3.99. The molecule has 0 N–H and O–H groups in total. The van der Waals surface area contributed by atoms with E-state index in [0.717, 1.165) is 36.6 Å². The molecule has 0 saturated heterocycles. The zero-order chi connectivity index (χ0) is 11.8. The lowest BCUT2D eigenvalue weighted by molar-refractivity contribution is 0.401. The van der Waals surface area contributed by atoms with Crippen molar-refractivity contribution in [3.63, 3.8) is 0 Å². The van der Waals surface area contributed by atoms with E-state index < -0.39 is 0 Å². The molecule has 0 aromatic carbocycles. The van der Waals surface area contributed by atoms with E-state index in [4.69, 9.17) is 4.52 Å². The van der Waals surface area contributed by atoms with Crippen LogP contribution in [0.5, 0.6) is 0 Å². The Bertz CT molecular complexity index is 501. The predicted molar refractivity (Wildman–Crippen MR) is 61.8 cm³/mol. The molecule has 2 aliphatic carbocycles. The molecule has 0 spiro atoms. The first-order valence-electron chi connectivity index (χ1n) is 6.21. The highest BCUT2D eigenvalue weighted by Crippen LogP contribution is 2.39. The third kappa shape index (κ3) is 2.23. The first-order chi connectivity index (χ1) is 8.28. The zero-order valence-corrected chi connectivity index (χ0v) is 9.94. The molecule has 88 valence electrons. The number of hydrogen-bond donors (Lipinski definition) is 0. The number of allylic oxidation sites excluding steroid dienone is 2. The molecule has 4 heteroatoms. The molecule has 2 fully saturated rings. The molecular formula is C13H15N3O. The van der Waals surface area contributed by atoms with E-state index in [-0.39, 0.29) is 0 Å². The van der Waals surface area contributed by atoms with Crippen molar-refractivity contribution < 1.29 is 4.52 Å². The van der Waals surface area contributed by atoms with Gasteiger partial charge in [-0.3, -0.25) is 0 Å². The Hall–Kier alpha value is -1.63. The second-order valence-corrected chi connectivity index (χ2v) is 5.15. The lowest BCUT2D eigenvalue weighted by Gasteiger charge is -1.99. The second-order valence-electron chi connectivity index (χ2n) is 5.15. The van der Waals surface area contributed by atoms with E-state index in [1.165, 1.54) is 12.8 Å². The van der Waals surface area contributed by atoms with Crippen molar-refractivity contribution in [2.45, 2.75) is 44.9 Å². The first-order valence-corrected chi connectivity index (χ1v) is 6.21. The molecule has 0 unspecified atom stereocenters. The fourth-order valence-corrected chi connectivity index (χ4v) is 2.03. The van der Waals surface area contributed by atoms with Crippen LogP contribution in [0.2, 0.25) is 0 Å². The predicted octanol–water partition coefficient (Wildman–Crippen LogP) is 3.04. The Balaban J connectivity index is 1.84. The maximum atomic E-state index is 9.21. The van der Waals surface area contributed by atoms with Gasteiger partial charge in [0.15, 0.2) is 5.82 Å². The monoisotopic (exact) mass is 229 g/mol. The summed E-state index contributed by atoms with van der Waals surface area (Å²) in [5.74, 6) is 2.42. The fraction of sp³-hybridized carbons (Fsp3) is 0.615. The molecule has 4 nitrogen and oxygen atoms in total. The summed E-state index contributed by atoms with van der Waals surface area (Å²) in [4.78, 5) is 4.33. The Morgan fingerprint density at radius 3 is 2.76 bits per heavy atom. The molecule has 1 aromatic heterocycles. The minimum atomic E-state index is 0.410. The van der Waals surface area contributed by atoms with Crippen LogP contribution in [0.4, 0.5) is 0 Å². The molecule has 0 atom stereocenters. The molecule has 17 heavy (non-hydrogen) atoms. The molecule has 3 rings (SSSR count). The molecule has 2 aliphatic rings. The molecule has 0 radical (unpaired) electrons. The van der Waals surface area contributed by atoms with Gasteiger partial charge in [0.1, 0.15) is 11.6 Å². The SMILES string of the molecule is CC(CC1CC1)=C(C#N)c1nc(C2CC2)no1. The molecule has 1 heterocycles. The highest BCUT2D eigenvalue weighted by molar-refractivity contribution is 5.74. The van der Waals surface area contributed by atoms with Gasteiger partial charge in [0.05, 0.1) is 0 Å². The van der Waals surface area contributed by atoms with Gasteiger partial charge in [-0.15, -0.1) is 0 Å². The standard InChI is InChI=1S/C13H15N3O/c1-8(6-9-2-3-9)11(7-14)13-15-12(16-17-13)10-4-5-10/h9-10H,2-6H2,1H3. The number of aromatic nitrogens is 2. The van der Waals surface area contributed by atoms with Gasteiger partial charge in [-0.25, -0.2) is 0 Å². The number of nitrogens with zero attached hydrogens (tertiary/aromatic N) is 3. The zero-order valence-electron chi connectivity index (χ0n) is 9.94. The maximum Gasteiger partial charge on any atom is 0.268 e. The minimum absolute atomic E-state index is 0.410. The average Bonchev–Trinajstić information content (AvgIpc) is 3.22. The third-order valence-corrected chi connectivity index (χ3v) is 3.43. The molecule has 0 bridgehead atoms. The quantitative estimate of drug-likeness (QED) is 0.744. The van der Waals surface area contributed by atoms with Gasteiger partial charge in [0.25, 0.3) is 5.89 Å². The summed E-state index contributed by atoms with van der Waals surface area (Å²) in [5.41, 5.74) is 1.66. The summed E-state index contributed by atoms with van der Waals surface area (Å²) < 4.78 is 5.20.